The quantitative estimate of drug-likeness (QED) is 0.586. The van der Waals surface area contributed by atoms with Crippen LogP contribution in [0, 0.1) is 11.8 Å². The first-order chi connectivity index (χ1) is 14.4. The number of hydrogen-bond donors (Lipinski definition) is 3. The Balaban J connectivity index is 1.52. The van der Waals surface area contributed by atoms with Gasteiger partial charge in [0, 0.05) is 24.7 Å². The number of carbonyl (C=O) groups is 2. The fourth-order valence-electron chi connectivity index (χ4n) is 5.29. The van der Waals surface area contributed by atoms with E-state index in [2.05, 4.69) is 16.0 Å². The number of nitrogens with one attached hydrogen (secondary N) is 3. The van der Waals surface area contributed by atoms with E-state index in [4.69, 9.17) is 0 Å². The first kappa shape index (κ1) is 23.4. The van der Waals surface area contributed by atoms with Crippen LogP contribution in [0.3, 0.4) is 0 Å². The summed E-state index contributed by atoms with van der Waals surface area (Å²) >= 11 is 0. The van der Waals surface area contributed by atoms with Crippen molar-refractivity contribution in [3.8, 4) is 0 Å². The maximum atomic E-state index is 12.9. The molecule has 3 N–H and O–H groups in total. The lowest BCUT2D eigenvalue weighted by Gasteiger charge is -2.38. The highest BCUT2D eigenvalue weighted by molar-refractivity contribution is 5.88. The van der Waals surface area contributed by atoms with E-state index in [1.54, 1.807) is 20.8 Å². The zero-order valence-electron chi connectivity index (χ0n) is 18.4. The molecule has 0 saturated heterocycles. The number of halogens is 3. The Morgan fingerprint density at radius 2 is 1.94 bits per heavy atom. The third kappa shape index (κ3) is 5.92. The molecular formula is C23H32F3N3O2. The molecule has 1 aromatic carbocycles. The van der Waals surface area contributed by atoms with Crippen LogP contribution in [0.1, 0.15) is 64.9 Å². The monoisotopic (exact) mass is 439 g/mol. The summed E-state index contributed by atoms with van der Waals surface area (Å²) in [5.74, 6) is 0.811. The van der Waals surface area contributed by atoms with Crippen molar-refractivity contribution >= 4 is 17.5 Å². The van der Waals surface area contributed by atoms with E-state index in [0.717, 1.165) is 50.7 Å². The number of rotatable bonds is 7. The molecule has 172 valence electrons. The van der Waals surface area contributed by atoms with E-state index in [9.17, 15) is 22.8 Å². The van der Waals surface area contributed by atoms with Gasteiger partial charge >= 0.3 is 6.18 Å². The van der Waals surface area contributed by atoms with Crippen molar-refractivity contribution in [2.24, 2.45) is 11.8 Å². The summed E-state index contributed by atoms with van der Waals surface area (Å²) in [7, 11) is 0. The predicted molar refractivity (Wildman–Crippen MR) is 113 cm³/mol. The third-order valence-corrected chi connectivity index (χ3v) is 6.55. The number of amides is 2. The van der Waals surface area contributed by atoms with E-state index in [1.165, 1.54) is 12.1 Å². The van der Waals surface area contributed by atoms with Crippen molar-refractivity contribution in [1.82, 2.24) is 10.6 Å². The maximum absolute atomic E-state index is 12.9. The molecule has 3 atom stereocenters. The van der Waals surface area contributed by atoms with Gasteiger partial charge in [0.05, 0.1) is 5.56 Å². The van der Waals surface area contributed by atoms with Crippen LogP contribution in [0.4, 0.5) is 18.9 Å². The molecule has 2 amide bonds. The minimum atomic E-state index is -4.43. The number of carbonyl (C=O) groups excluding carboxylic acids is 2. The Morgan fingerprint density at radius 3 is 2.61 bits per heavy atom. The van der Waals surface area contributed by atoms with Crippen molar-refractivity contribution in [3.63, 3.8) is 0 Å². The van der Waals surface area contributed by atoms with E-state index in [-0.39, 0.29) is 23.0 Å². The number of hydrogen-bond acceptors (Lipinski definition) is 3. The van der Waals surface area contributed by atoms with Gasteiger partial charge < -0.3 is 16.0 Å². The number of benzene rings is 1. The SMILES string of the molecule is CC(=O)N[C@]12CC[C@@H](CC(CCNC(=O)C(C)(C)Nc3cccc(C(F)(F)F)c3)C1)C2. The van der Waals surface area contributed by atoms with Crippen LogP contribution in [-0.4, -0.2) is 29.4 Å². The van der Waals surface area contributed by atoms with Crippen LogP contribution in [-0.2, 0) is 15.8 Å². The van der Waals surface area contributed by atoms with Gasteiger partial charge in [-0.1, -0.05) is 6.07 Å². The molecule has 2 aliphatic rings. The lowest BCUT2D eigenvalue weighted by molar-refractivity contribution is -0.137. The van der Waals surface area contributed by atoms with Gasteiger partial charge in [0.15, 0.2) is 0 Å². The summed E-state index contributed by atoms with van der Waals surface area (Å²) in [5, 5.41) is 9.00. The smallest absolute Gasteiger partial charge is 0.372 e. The second-order valence-corrected chi connectivity index (χ2v) is 9.75. The highest BCUT2D eigenvalue weighted by atomic mass is 19.4. The lowest BCUT2D eigenvalue weighted by Crippen LogP contribution is -2.50. The van der Waals surface area contributed by atoms with Crippen molar-refractivity contribution in [2.75, 3.05) is 11.9 Å². The average Bonchev–Trinajstić information content (AvgIpc) is 2.94. The van der Waals surface area contributed by atoms with Crippen LogP contribution in [0.25, 0.3) is 0 Å². The number of anilines is 1. The Hall–Kier alpha value is -2.25. The van der Waals surface area contributed by atoms with Gasteiger partial charge in [-0.05, 0) is 82.4 Å². The molecule has 0 aromatic heterocycles. The molecule has 2 fully saturated rings. The van der Waals surface area contributed by atoms with Crippen molar-refractivity contribution < 1.29 is 22.8 Å². The normalized spacial score (nSPS) is 25.7. The fraction of sp³-hybridized carbons (Fsp3) is 0.652. The van der Waals surface area contributed by atoms with E-state index in [1.807, 2.05) is 0 Å². The molecule has 1 unspecified atom stereocenters. The van der Waals surface area contributed by atoms with Crippen LogP contribution < -0.4 is 16.0 Å². The van der Waals surface area contributed by atoms with E-state index in [0.29, 0.717) is 18.4 Å². The third-order valence-electron chi connectivity index (χ3n) is 6.55. The minimum Gasteiger partial charge on any atom is -0.372 e. The summed E-state index contributed by atoms with van der Waals surface area (Å²) in [6, 6.07) is 4.85. The molecule has 8 heteroatoms. The van der Waals surface area contributed by atoms with Crippen molar-refractivity contribution in [2.45, 2.75) is 76.6 Å². The van der Waals surface area contributed by atoms with Crippen LogP contribution >= 0.6 is 0 Å². The largest absolute Gasteiger partial charge is 0.416 e. The predicted octanol–water partition coefficient (Wildman–Crippen LogP) is 4.49. The molecule has 2 saturated carbocycles. The summed E-state index contributed by atoms with van der Waals surface area (Å²) in [6.45, 7) is 5.36. The van der Waals surface area contributed by atoms with Crippen LogP contribution in [0.15, 0.2) is 24.3 Å². The zero-order chi connectivity index (χ0) is 22.9. The summed E-state index contributed by atoms with van der Waals surface area (Å²) < 4.78 is 38.8. The van der Waals surface area contributed by atoms with Gasteiger partial charge in [0.25, 0.3) is 0 Å². The van der Waals surface area contributed by atoms with Gasteiger partial charge in [-0.15, -0.1) is 0 Å². The zero-order valence-corrected chi connectivity index (χ0v) is 18.4. The standard InChI is InChI=1S/C23H32F3N3O2/c1-15(30)28-22-9-7-16(13-22)11-17(14-22)8-10-27-20(31)21(2,3)29-19-6-4-5-18(12-19)23(24,25)26/h4-6,12,16-17,29H,7-11,13-14H2,1-3H3,(H,27,31)(H,28,30)/t16-,17?,22-/m0/s1. The van der Waals surface area contributed by atoms with Gasteiger partial charge in [-0.2, -0.15) is 13.2 Å². The molecule has 1 aromatic rings. The maximum Gasteiger partial charge on any atom is 0.416 e. The number of alkyl halides is 3. The van der Waals surface area contributed by atoms with E-state index < -0.39 is 17.3 Å². The first-order valence-electron chi connectivity index (χ1n) is 10.9. The first-order valence-corrected chi connectivity index (χ1v) is 10.9. The fourth-order valence-corrected chi connectivity index (χ4v) is 5.29. The molecule has 0 aliphatic heterocycles. The Morgan fingerprint density at radius 1 is 1.19 bits per heavy atom. The summed E-state index contributed by atoms with van der Waals surface area (Å²) in [5.41, 5.74) is -1.66. The molecule has 0 spiro atoms. The molecular weight excluding hydrogens is 407 g/mol. The van der Waals surface area contributed by atoms with E-state index >= 15 is 0 Å². The number of fused-ring (bicyclic) bond motifs is 2. The summed E-state index contributed by atoms with van der Waals surface area (Å²) in [4.78, 5) is 24.3. The Kier molecular flexibility index (Phi) is 6.58. The Bertz CT molecular complexity index is 825. The van der Waals surface area contributed by atoms with Crippen LogP contribution in [0.5, 0.6) is 0 Å². The summed E-state index contributed by atoms with van der Waals surface area (Å²) in [6.07, 6.45) is 1.64. The van der Waals surface area contributed by atoms with Crippen molar-refractivity contribution in [1.29, 1.82) is 0 Å². The molecule has 31 heavy (non-hydrogen) atoms. The van der Waals surface area contributed by atoms with Crippen LogP contribution in [0.2, 0.25) is 0 Å². The van der Waals surface area contributed by atoms with Gasteiger partial charge in [-0.25, -0.2) is 0 Å². The second-order valence-electron chi connectivity index (χ2n) is 9.75. The Labute approximate surface area is 181 Å². The van der Waals surface area contributed by atoms with Gasteiger partial charge in [0.2, 0.25) is 11.8 Å². The molecule has 0 radical (unpaired) electrons. The highest BCUT2D eigenvalue weighted by Crippen LogP contribution is 2.48. The molecule has 2 bridgehead atoms. The molecule has 5 nitrogen and oxygen atoms in total. The van der Waals surface area contributed by atoms with Crippen molar-refractivity contribution in [3.05, 3.63) is 29.8 Å². The second kappa shape index (κ2) is 8.71. The molecule has 3 rings (SSSR count). The topological polar surface area (TPSA) is 70.2 Å². The highest BCUT2D eigenvalue weighted by Gasteiger charge is 2.45. The lowest BCUT2D eigenvalue weighted by atomic mass is 9.75. The molecule has 0 heterocycles. The van der Waals surface area contributed by atoms with Gasteiger partial charge in [0.1, 0.15) is 5.54 Å². The van der Waals surface area contributed by atoms with Gasteiger partial charge in [-0.3, -0.25) is 9.59 Å². The average molecular weight is 440 g/mol. The minimum absolute atomic E-state index is 0.0111. The molecule has 2 aliphatic carbocycles.